The van der Waals surface area contributed by atoms with Crippen molar-refractivity contribution < 1.29 is 64.6 Å². The number of nitrogens with one attached hydrogen (secondary N) is 1. The Bertz CT molecular complexity index is 1410. The summed E-state index contributed by atoms with van der Waals surface area (Å²) in [5.41, 5.74) is 0. The zero-order valence-corrected chi connectivity index (χ0v) is 52.1. The van der Waals surface area contributed by atoms with Crippen molar-refractivity contribution in [2.75, 3.05) is 19.8 Å². The summed E-state index contributed by atoms with van der Waals surface area (Å²) >= 11 is 0. The minimum atomic E-state index is -1.78. The number of aliphatic hydroxyl groups excluding tert-OH is 8. The molecule has 480 valence electrons. The number of hydrogen-bond donors (Lipinski definition) is 9. The van der Waals surface area contributed by atoms with Gasteiger partial charge in [0.05, 0.1) is 32.0 Å². The van der Waals surface area contributed by atoms with Gasteiger partial charge in [0.15, 0.2) is 12.6 Å². The lowest BCUT2D eigenvalue weighted by Gasteiger charge is -2.46. The molecule has 2 rings (SSSR count). The number of amides is 1. The maximum Gasteiger partial charge on any atom is 0.220 e. The van der Waals surface area contributed by atoms with Gasteiger partial charge >= 0.3 is 0 Å². The zero-order chi connectivity index (χ0) is 58.8. The van der Waals surface area contributed by atoms with E-state index in [-0.39, 0.29) is 12.5 Å². The lowest BCUT2D eigenvalue weighted by atomic mass is 9.97. The van der Waals surface area contributed by atoms with Gasteiger partial charge in [0, 0.05) is 6.42 Å². The van der Waals surface area contributed by atoms with Gasteiger partial charge < -0.3 is 65.1 Å². The van der Waals surface area contributed by atoms with Crippen molar-refractivity contribution in [3.63, 3.8) is 0 Å². The highest BCUT2D eigenvalue weighted by atomic mass is 16.7. The van der Waals surface area contributed by atoms with Crippen molar-refractivity contribution in [3.05, 3.63) is 12.2 Å². The summed E-state index contributed by atoms with van der Waals surface area (Å²) in [4.78, 5) is 13.3. The minimum Gasteiger partial charge on any atom is -0.394 e. The van der Waals surface area contributed by atoms with Gasteiger partial charge in [0.1, 0.15) is 48.8 Å². The molecule has 2 fully saturated rings. The Morgan fingerprint density at radius 3 is 1.17 bits per heavy atom. The van der Waals surface area contributed by atoms with Gasteiger partial charge in [-0.05, 0) is 38.5 Å². The number of allylic oxidation sites excluding steroid dienone is 2. The van der Waals surface area contributed by atoms with Crippen molar-refractivity contribution in [1.82, 2.24) is 5.32 Å². The maximum absolute atomic E-state index is 13.3. The molecule has 2 heterocycles. The third kappa shape index (κ3) is 37.8. The summed E-state index contributed by atoms with van der Waals surface area (Å²) in [6, 6.07) is -0.825. The molecule has 9 N–H and O–H groups in total. The van der Waals surface area contributed by atoms with Crippen molar-refractivity contribution >= 4 is 5.91 Å². The normalized spacial score (nSPS) is 24.1. The predicted octanol–water partition coefficient (Wildman–Crippen LogP) is 13.4. The Morgan fingerprint density at radius 2 is 0.778 bits per heavy atom. The molecule has 0 aromatic carbocycles. The summed E-state index contributed by atoms with van der Waals surface area (Å²) in [6.07, 6.45) is 46.5. The number of aliphatic hydroxyl groups is 8. The first-order valence-corrected chi connectivity index (χ1v) is 34.4. The lowest BCUT2D eigenvalue weighted by Crippen LogP contribution is -2.65. The molecule has 81 heavy (non-hydrogen) atoms. The van der Waals surface area contributed by atoms with Crippen LogP contribution in [0.5, 0.6) is 0 Å². The van der Waals surface area contributed by atoms with Gasteiger partial charge in [-0.15, -0.1) is 0 Å². The van der Waals surface area contributed by atoms with Crippen molar-refractivity contribution in [2.24, 2.45) is 0 Å². The fourth-order valence-corrected chi connectivity index (χ4v) is 11.7. The molecule has 2 saturated heterocycles. The molecule has 14 nitrogen and oxygen atoms in total. The van der Waals surface area contributed by atoms with Crippen LogP contribution in [0.3, 0.4) is 0 Å². The number of carbonyl (C=O) groups excluding carboxylic acids is 1. The highest BCUT2D eigenvalue weighted by molar-refractivity contribution is 5.76. The van der Waals surface area contributed by atoms with E-state index in [4.69, 9.17) is 18.9 Å². The van der Waals surface area contributed by atoms with Crippen LogP contribution in [0.4, 0.5) is 0 Å². The molecule has 0 aromatic heterocycles. The maximum atomic E-state index is 13.3. The Labute approximate surface area is 495 Å². The molecule has 2 aliphatic heterocycles. The molecule has 0 bridgehead atoms. The fraction of sp³-hybridized carbons (Fsp3) is 0.955. The number of unbranched alkanes of at least 4 members (excludes halogenated alkanes) is 42. The topological polar surface area (TPSA) is 228 Å². The number of ether oxygens (including phenoxy) is 4. The molecule has 12 unspecified atom stereocenters. The van der Waals surface area contributed by atoms with Crippen LogP contribution in [0.2, 0.25) is 0 Å². The van der Waals surface area contributed by atoms with Crippen LogP contribution in [0, 0.1) is 0 Å². The van der Waals surface area contributed by atoms with Crippen LogP contribution in [-0.4, -0.2) is 140 Å². The monoisotopic (exact) mass is 1160 g/mol. The molecule has 1 amide bonds. The Morgan fingerprint density at radius 1 is 0.432 bits per heavy atom. The van der Waals surface area contributed by atoms with Crippen LogP contribution in [0.15, 0.2) is 12.2 Å². The number of rotatable bonds is 57. The van der Waals surface area contributed by atoms with Gasteiger partial charge in [-0.25, -0.2) is 0 Å². The molecule has 0 aliphatic carbocycles. The predicted molar refractivity (Wildman–Crippen MR) is 328 cm³/mol. The number of carbonyl (C=O) groups is 1. The zero-order valence-electron chi connectivity index (χ0n) is 52.1. The van der Waals surface area contributed by atoms with Crippen LogP contribution < -0.4 is 5.32 Å². The Balaban J connectivity index is 1.65. The van der Waals surface area contributed by atoms with Gasteiger partial charge in [0.2, 0.25) is 5.91 Å². The second kappa shape index (κ2) is 53.0. The van der Waals surface area contributed by atoms with Crippen molar-refractivity contribution in [2.45, 2.75) is 389 Å². The van der Waals surface area contributed by atoms with Crippen LogP contribution in [0.25, 0.3) is 0 Å². The molecule has 0 saturated carbocycles. The lowest BCUT2D eigenvalue weighted by molar-refractivity contribution is -0.359. The van der Waals surface area contributed by atoms with Gasteiger partial charge in [-0.1, -0.05) is 283 Å². The van der Waals surface area contributed by atoms with E-state index in [9.17, 15) is 45.6 Å². The molecule has 12 atom stereocenters. The summed E-state index contributed by atoms with van der Waals surface area (Å²) < 4.78 is 22.9. The average molecular weight is 1160 g/mol. The average Bonchev–Trinajstić information content (AvgIpc) is 3.47. The molecule has 0 aromatic rings. The van der Waals surface area contributed by atoms with E-state index in [1.807, 2.05) is 0 Å². The largest absolute Gasteiger partial charge is 0.394 e. The molecule has 0 spiro atoms. The summed E-state index contributed by atoms with van der Waals surface area (Å²) in [6.45, 7) is 2.91. The van der Waals surface area contributed by atoms with E-state index >= 15 is 0 Å². The highest BCUT2D eigenvalue weighted by Crippen LogP contribution is 2.30. The van der Waals surface area contributed by atoms with Gasteiger partial charge in [-0.3, -0.25) is 4.79 Å². The molecular weight excluding hydrogens is 1030 g/mol. The molecule has 2 aliphatic rings. The van der Waals surface area contributed by atoms with E-state index in [0.29, 0.717) is 12.8 Å². The molecule has 14 heteroatoms. The Kier molecular flexibility index (Phi) is 49.6. The van der Waals surface area contributed by atoms with E-state index in [2.05, 4.69) is 31.3 Å². The second-order valence-electron chi connectivity index (χ2n) is 24.7. The van der Waals surface area contributed by atoms with E-state index in [1.54, 1.807) is 0 Å². The molecular formula is C67H129NO13. The Hall–Kier alpha value is -1.27. The summed E-state index contributed by atoms with van der Waals surface area (Å²) in [5.74, 6) is -0.200. The quantitative estimate of drug-likeness (QED) is 0.0204. The van der Waals surface area contributed by atoms with Crippen molar-refractivity contribution in [3.8, 4) is 0 Å². The fourth-order valence-electron chi connectivity index (χ4n) is 11.7. The SMILES string of the molecule is CCCCCCCCCC/C=C\CCCCCCCCCCCCCCCCCCCC(=O)NC(COC1OC(CO)C(OC2OC(CO)C(O)C(O)C2O)C(O)C1O)C(O)CCCCCCCCCCCCCCCCCCCC. The van der Waals surface area contributed by atoms with Gasteiger partial charge in [-0.2, -0.15) is 0 Å². The highest BCUT2D eigenvalue weighted by Gasteiger charge is 2.51. The van der Waals surface area contributed by atoms with Crippen molar-refractivity contribution in [1.29, 1.82) is 0 Å². The van der Waals surface area contributed by atoms with E-state index in [1.165, 1.54) is 238 Å². The standard InChI is InChI=1S/C67H129NO13/c1-3-5-7-9-11-13-15-17-19-21-23-24-25-26-27-28-29-30-31-32-33-35-37-39-41-43-45-47-49-51-59(72)68-55(56(71)50-48-46-44-42-40-38-36-34-22-20-18-16-14-12-10-8-6-4-2)54-78-66-64(77)62(75)65(58(53-70)80-66)81-67-63(76)61(74)60(73)57(52-69)79-67/h21,23,55-58,60-67,69-71,73-77H,3-20,22,24-54H2,1-2H3,(H,68,72)/b23-21-. The minimum absolute atomic E-state index is 0.200. The van der Waals surface area contributed by atoms with E-state index in [0.717, 1.165) is 51.4 Å². The van der Waals surface area contributed by atoms with Crippen LogP contribution in [0.1, 0.15) is 316 Å². The smallest absolute Gasteiger partial charge is 0.220 e. The van der Waals surface area contributed by atoms with E-state index < -0.39 is 86.8 Å². The first-order chi connectivity index (χ1) is 39.6. The third-order valence-corrected chi connectivity index (χ3v) is 17.2. The summed E-state index contributed by atoms with van der Waals surface area (Å²) in [7, 11) is 0. The molecule has 0 radical (unpaired) electrons. The van der Waals surface area contributed by atoms with Crippen LogP contribution in [-0.2, 0) is 23.7 Å². The second-order valence-corrected chi connectivity index (χ2v) is 24.7. The first kappa shape index (κ1) is 75.8. The van der Waals surface area contributed by atoms with Gasteiger partial charge in [0.25, 0.3) is 0 Å². The number of hydrogen-bond acceptors (Lipinski definition) is 13. The van der Waals surface area contributed by atoms with Crippen LogP contribution >= 0.6 is 0 Å². The third-order valence-electron chi connectivity index (χ3n) is 17.2. The summed E-state index contributed by atoms with van der Waals surface area (Å²) in [5, 5.41) is 87.5. The first-order valence-electron chi connectivity index (χ1n) is 34.4.